The van der Waals surface area contributed by atoms with Crippen LogP contribution >= 0.6 is 11.8 Å². The van der Waals surface area contributed by atoms with E-state index >= 15 is 0 Å². The molecule has 0 saturated carbocycles. The summed E-state index contributed by atoms with van der Waals surface area (Å²) in [6, 6.07) is 15.8. The lowest BCUT2D eigenvalue weighted by molar-refractivity contribution is -0.117. The molecule has 136 valence electrons. The van der Waals surface area contributed by atoms with Crippen molar-refractivity contribution < 1.29 is 9.59 Å². The van der Waals surface area contributed by atoms with E-state index in [9.17, 15) is 9.59 Å². The Hall–Kier alpha value is -2.27. The first kappa shape index (κ1) is 18.5. The zero-order valence-electron chi connectivity index (χ0n) is 15.4. The molecule has 1 heterocycles. The van der Waals surface area contributed by atoms with Crippen molar-refractivity contribution in [3.63, 3.8) is 0 Å². The van der Waals surface area contributed by atoms with E-state index in [1.807, 2.05) is 74.2 Å². The fourth-order valence-electron chi connectivity index (χ4n) is 3.01. The van der Waals surface area contributed by atoms with E-state index in [2.05, 4.69) is 5.32 Å². The largest absolute Gasteiger partial charge is 0.326 e. The van der Waals surface area contributed by atoms with Gasteiger partial charge in [-0.1, -0.05) is 43.7 Å². The van der Waals surface area contributed by atoms with Crippen LogP contribution in [0.15, 0.2) is 48.5 Å². The molecule has 0 aliphatic carbocycles. The molecule has 1 N–H and O–H groups in total. The van der Waals surface area contributed by atoms with Crippen LogP contribution in [-0.2, 0) is 9.59 Å². The molecule has 1 aliphatic heterocycles. The third kappa shape index (κ3) is 4.28. The lowest BCUT2D eigenvalue weighted by atomic mass is 10.1. The van der Waals surface area contributed by atoms with Gasteiger partial charge in [-0.15, -0.1) is 11.8 Å². The maximum atomic E-state index is 12.5. The summed E-state index contributed by atoms with van der Waals surface area (Å²) < 4.78 is 0. The van der Waals surface area contributed by atoms with Crippen LogP contribution in [0.1, 0.15) is 36.8 Å². The van der Waals surface area contributed by atoms with Crippen molar-refractivity contribution in [1.29, 1.82) is 0 Å². The van der Waals surface area contributed by atoms with Gasteiger partial charge in [-0.05, 0) is 42.7 Å². The normalized spacial score (nSPS) is 17.0. The summed E-state index contributed by atoms with van der Waals surface area (Å²) in [6.07, 6.45) is 0.496. The van der Waals surface area contributed by atoms with Gasteiger partial charge < -0.3 is 5.32 Å². The van der Waals surface area contributed by atoms with Gasteiger partial charge in [-0.25, -0.2) is 0 Å². The lowest BCUT2D eigenvalue weighted by Gasteiger charge is -2.25. The van der Waals surface area contributed by atoms with Crippen molar-refractivity contribution in [2.45, 2.75) is 32.6 Å². The molecule has 1 saturated heterocycles. The maximum Gasteiger partial charge on any atom is 0.238 e. The van der Waals surface area contributed by atoms with E-state index in [4.69, 9.17) is 0 Å². The topological polar surface area (TPSA) is 49.4 Å². The number of anilines is 2. The lowest BCUT2D eigenvalue weighted by Crippen LogP contribution is -2.27. The number of hydrogen-bond acceptors (Lipinski definition) is 3. The highest BCUT2D eigenvalue weighted by molar-refractivity contribution is 8.00. The molecule has 3 rings (SSSR count). The Labute approximate surface area is 159 Å². The Bertz CT molecular complexity index is 802. The van der Waals surface area contributed by atoms with Gasteiger partial charge in [0.05, 0.1) is 5.75 Å². The molecule has 2 amide bonds. The molecule has 0 bridgehead atoms. The summed E-state index contributed by atoms with van der Waals surface area (Å²) in [4.78, 5) is 26.4. The van der Waals surface area contributed by atoms with Crippen molar-refractivity contribution in [2.75, 3.05) is 16.0 Å². The number of amides is 2. The predicted molar refractivity (Wildman–Crippen MR) is 108 cm³/mol. The van der Waals surface area contributed by atoms with Gasteiger partial charge >= 0.3 is 0 Å². The molecule has 4 nitrogen and oxygen atoms in total. The fourth-order valence-corrected chi connectivity index (χ4v) is 4.17. The molecule has 0 aromatic heterocycles. The highest BCUT2D eigenvalue weighted by atomic mass is 32.2. The SMILES string of the molecule is Cc1ccc(N2C(=O)CS[C@@H]2c2cccc(NC(=O)CC(C)C)c2)cc1. The van der Waals surface area contributed by atoms with Crippen molar-refractivity contribution in [1.82, 2.24) is 0 Å². The van der Waals surface area contributed by atoms with Crippen LogP contribution in [0.2, 0.25) is 0 Å². The smallest absolute Gasteiger partial charge is 0.238 e. The van der Waals surface area contributed by atoms with E-state index < -0.39 is 0 Å². The number of hydrogen-bond donors (Lipinski definition) is 1. The van der Waals surface area contributed by atoms with Gasteiger partial charge in [0, 0.05) is 17.8 Å². The minimum atomic E-state index is -0.0767. The first-order valence-corrected chi connectivity index (χ1v) is 9.89. The molecule has 2 aromatic rings. The first-order valence-electron chi connectivity index (χ1n) is 8.84. The molecular formula is C21H24N2O2S. The van der Waals surface area contributed by atoms with E-state index in [0.717, 1.165) is 16.9 Å². The molecule has 0 spiro atoms. The number of rotatable bonds is 5. The molecular weight excluding hydrogens is 344 g/mol. The third-order valence-corrected chi connectivity index (χ3v) is 5.44. The average Bonchev–Trinajstić information content (AvgIpc) is 2.97. The van der Waals surface area contributed by atoms with E-state index in [-0.39, 0.29) is 17.2 Å². The van der Waals surface area contributed by atoms with Crippen molar-refractivity contribution in [3.05, 3.63) is 59.7 Å². The number of carbonyl (C=O) groups is 2. The van der Waals surface area contributed by atoms with Crippen LogP contribution < -0.4 is 10.2 Å². The number of carbonyl (C=O) groups excluding carboxylic acids is 2. The molecule has 1 atom stereocenters. The second-order valence-electron chi connectivity index (χ2n) is 7.03. The number of benzene rings is 2. The molecule has 1 fully saturated rings. The van der Waals surface area contributed by atoms with Gasteiger partial charge in [-0.2, -0.15) is 0 Å². The standard InChI is InChI=1S/C21H24N2O2S/c1-14(2)11-19(24)22-17-6-4-5-16(12-17)21-23(20(25)13-26-21)18-9-7-15(3)8-10-18/h4-10,12,14,21H,11,13H2,1-3H3,(H,22,24)/t21-/m1/s1. The zero-order chi connectivity index (χ0) is 18.7. The predicted octanol–water partition coefficient (Wildman–Crippen LogP) is 4.76. The minimum absolute atomic E-state index is 0.0164. The third-order valence-electron chi connectivity index (χ3n) is 4.23. The maximum absolute atomic E-state index is 12.5. The Morgan fingerprint density at radius 1 is 1.23 bits per heavy atom. The molecule has 26 heavy (non-hydrogen) atoms. The minimum Gasteiger partial charge on any atom is -0.326 e. The number of nitrogens with one attached hydrogen (secondary N) is 1. The van der Waals surface area contributed by atoms with Gasteiger partial charge in [0.1, 0.15) is 5.37 Å². The van der Waals surface area contributed by atoms with Crippen molar-refractivity contribution in [2.24, 2.45) is 5.92 Å². The summed E-state index contributed by atoms with van der Waals surface area (Å²) in [6.45, 7) is 6.08. The Morgan fingerprint density at radius 2 is 1.96 bits per heavy atom. The Kier molecular flexibility index (Phi) is 5.67. The Morgan fingerprint density at radius 3 is 2.65 bits per heavy atom. The summed E-state index contributed by atoms with van der Waals surface area (Å²) >= 11 is 1.61. The highest BCUT2D eigenvalue weighted by Crippen LogP contribution is 2.42. The molecule has 0 unspecified atom stereocenters. The van der Waals surface area contributed by atoms with E-state index in [1.54, 1.807) is 11.8 Å². The molecule has 0 radical (unpaired) electrons. The first-order chi connectivity index (χ1) is 12.4. The van der Waals surface area contributed by atoms with Crippen LogP contribution in [0.5, 0.6) is 0 Å². The van der Waals surface area contributed by atoms with Gasteiger partial charge in [0.2, 0.25) is 11.8 Å². The number of thioether (sulfide) groups is 1. The van der Waals surface area contributed by atoms with Crippen molar-refractivity contribution >= 4 is 35.0 Å². The molecule has 1 aliphatic rings. The quantitative estimate of drug-likeness (QED) is 0.828. The highest BCUT2D eigenvalue weighted by Gasteiger charge is 2.34. The molecule has 5 heteroatoms. The van der Waals surface area contributed by atoms with E-state index in [1.165, 1.54) is 5.56 Å². The van der Waals surface area contributed by atoms with Crippen LogP contribution in [0.25, 0.3) is 0 Å². The average molecular weight is 369 g/mol. The summed E-state index contributed by atoms with van der Waals surface area (Å²) in [5.41, 5.74) is 3.87. The van der Waals surface area contributed by atoms with Gasteiger partial charge in [0.25, 0.3) is 0 Å². The second-order valence-corrected chi connectivity index (χ2v) is 8.10. The number of nitrogens with zero attached hydrogens (tertiary/aromatic N) is 1. The summed E-state index contributed by atoms with van der Waals surface area (Å²) in [5, 5.41) is 2.88. The van der Waals surface area contributed by atoms with Crippen LogP contribution in [0, 0.1) is 12.8 Å². The second kappa shape index (κ2) is 7.96. The van der Waals surface area contributed by atoms with Crippen molar-refractivity contribution in [3.8, 4) is 0 Å². The van der Waals surface area contributed by atoms with E-state index in [0.29, 0.717) is 18.1 Å². The Balaban J connectivity index is 1.83. The van der Waals surface area contributed by atoms with Gasteiger partial charge in [0.15, 0.2) is 0 Å². The molecule has 2 aromatic carbocycles. The van der Waals surface area contributed by atoms with Crippen LogP contribution in [-0.4, -0.2) is 17.6 Å². The fraction of sp³-hybridized carbons (Fsp3) is 0.333. The van der Waals surface area contributed by atoms with Crippen LogP contribution in [0.4, 0.5) is 11.4 Å². The van der Waals surface area contributed by atoms with Crippen LogP contribution in [0.3, 0.4) is 0 Å². The summed E-state index contributed by atoms with van der Waals surface area (Å²) in [5.74, 6) is 0.904. The zero-order valence-corrected chi connectivity index (χ0v) is 16.2. The number of aryl methyl sites for hydroxylation is 1. The summed E-state index contributed by atoms with van der Waals surface area (Å²) in [7, 11) is 0. The van der Waals surface area contributed by atoms with Gasteiger partial charge in [-0.3, -0.25) is 14.5 Å². The monoisotopic (exact) mass is 368 g/mol.